The molecule has 9 heteroatoms. The van der Waals surface area contributed by atoms with E-state index in [1.807, 2.05) is 61.7 Å². The molecule has 1 aromatic heterocycles. The summed E-state index contributed by atoms with van der Waals surface area (Å²) in [7, 11) is 0. The number of aromatic nitrogens is 1. The van der Waals surface area contributed by atoms with E-state index in [1.54, 1.807) is 18.3 Å². The number of aryl methyl sites for hydroxylation is 2. The molecule has 0 bridgehead atoms. The zero-order chi connectivity index (χ0) is 25.9. The highest BCUT2D eigenvalue weighted by molar-refractivity contribution is 8.00. The van der Waals surface area contributed by atoms with E-state index < -0.39 is 17.0 Å². The van der Waals surface area contributed by atoms with Crippen LogP contribution in [0.15, 0.2) is 66.9 Å². The molecule has 190 valence electrons. The molecule has 0 aliphatic carbocycles. The summed E-state index contributed by atoms with van der Waals surface area (Å²) in [6, 6.07) is 19.0. The smallest absolute Gasteiger partial charge is 0.399 e. The maximum Gasteiger partial charge on any atom is 0.471 e. The number of carbonyl (C=O) groups is 1. The summed E-state index contributed by atoms with van der Waals surface area (Å²) in [5, 5.41) is 0. The number of pyridine rings is 1. The summed E-state index contributed by atoms with van der Waals surface area (Å²) in [5.74, 6) is -1.82. The zero-order valence-corrected chi connectivity index (χ0v) is 21.1. The second-order valence-electron chi connectivity index (χ2n) is 9.03. The molecular formula is C27H29F3N4OS. The Morgan fingerprint density at radius 2 is 1.89 bits per heavy atom. The molecule has 1 amide bonds. The predicted octanol–water partition coefficient (Wildman–Crippen LogP) is 5.58. The molecule has 2 heterocycles. The van der Waals surface area contributed by atoms with Crippen LogP contribution < -0.4 is 10.6 Å². The molecule has 3 aromatic rings. The van der Waals surface area contributed by atoms with Crippen molar-refractivity contribution in [2.45, 2.75) is 43.9 Å². The summed E-state index contributed by atoms with van der Waals surface area (Å²) in [6.07, 6.45) is -0.282. The van der Waals surface area contributed by atoms with Gasteiger partial charge in [-0.25, -0.2) is 0 Å². The van der Waals surface area contributed by atoms with Gasteiger partial charge in [-0.1, -0.05) is 42.5 Å². The molecule has 0 saturated carbocycles. The Hall–Kier alpha value is -3.20. The van der Waals surface area contributed by atoms with Crippen molar-refractivity contribution in [2.24, 2.45) is 0 Å². The Labute approximate surface area is 213 Å². The molecule has 0 fully saturated rings. The van der Waals surface area contributed by atoms with Crippen molar-refractivity contribution in [3.05, 3.63) is 89.2 Å². The molecule has 1 aliphatic heterocycles. The van der Waals surface area contributed by atoms with Gasteiger partial charge in [0.15, 0.2) is 0 Å². The van der Waals surface area contributed by atoms with E-state index in [-0.39, 0.29) is 13.1 Å². The number of carbonyl (C=O) groups excluding carboxylic acids is 1. The fourth-order valence-electron chi connectivity index (χ4n) is 4.77. The Bertz CT molecular complexity index is 1220. The number of amides is 1. The number of nitrogen functional groups attached to an aromatic ring is 1. The van der Waals surface area contributed by atoms with E-state index in [1.165, 1.54) is 11.8 Å². The molecular weight excluding hydrogens is 485 g/mol. The monoisotopic (exact) mass is 514 g/mol. The van der Waals surface area contributed by atoms with E-state index in [0.717, 1.165) is 21.7 Å². The van der Waals surface area contributed by atoms with E-state index in [2.05, 4.69) is 9.88 Å². The molecule has 5 nitrogen and oxygen atoms in total. The lowest BCUT2D eigenvalue weighted by Gasteiger charge is -2.45. The number of benzene rings is 2. The van der Waals surface area contributed by atoms with Gasteiger partial charge in [0.05, 0.1) is 18.8 Å². The van der Waals surface area contributed by atoms with Crippen LogP contribution in [0, 0.1) is 6.92 Å². The van der Waals surface area contributed by atoms with Crippen molar-refractivity contribution in [1.82, 2.24) is 9.88 Å². The third kappa shape index (κ3) is 5.46. The number of rotatable bonds is 6. The van der Waals surface area contributed by atoms with Crippen LogP contribution in [0.3, 0.4) is 0 Å². The number of alkyl halides is 3. The molecule has 4 rings (SSSR count). The summed E-state index contributed by atoms with van der Waals surface area (Å²) in [4.78, 5) is 19.3. The Balaban J connectivity index is 1.86. The van der Waals surface area contributed by atoms with Crippen LogP contribution in [-0.4, -0.2) is 39.6 Å². The summed E-state index contributed by atoms with van der Waals surface area (Å²) in [5.41, 5.74) is 10.7. The summed E-state index contributed by atoms with van der Waals surface area (Å²) < 4.78 is 41.1. The first-order chi connectivity index (χ1) is 17.1. The van der Waals surface area contributed by atoms with Gasteiger partial charge in [-0.2, -0.15) is 13.2 Å². The van der Waals surface area contributed by atoms with Gasteiger partial charge in [0, 0.05) is 24.1 Å². The number of anilines is 2. The molecule has 0 radical (unpaired) electrons. The van der Waals surface area contributed by atoms with Crippen molar-refractivity contribution in [2.75, 3.05) is 23.4 Å². The molecule has 1 aliphatic rings. The van der Waals surface area contributed by atoms with Crippen molar-refractivity contribution in [1.29, 1.82) is 0 Å². The number of nitrogens with two attached hydrogens (primary N) is 1. The van der Waals surface area contributed by atoms with Crippen molar-refractivity contribution < 1.29 is 18.0 Å². The van der Waals surface area contributed by atoms with Crippen LogP contribution in [0.2, 0.25) is 0 Å². The highest BCUT2D eigenvalue weighted by Gasteiger charge is 2.49. The quantitative estimate of drug-likeness (QED) is 0.466. The van der Waals surface area contributed by atoms with Gasteiger partial charge < -0.3 is 15.5 Å². The molecule has 1 unspecified atom stereocenters. The first kappa shape index (κ1) is 25.9. The average Bonchev–Trinajstić information content (AvgIpc) is 2.99. The summed E-state index contributed by atoms with van der Waals surface area (Å²) >= 11 is 1.46. The number of hydrogen-bond donors (Lipinski definition) is 1. The van der Waals surface area contributed by atoms with Gasteiger partial charge >= 0.3 is 12.1 Å². The first-order valence-corrected chi connectivity index (χ1v) is 12.9. The molecule has 0 saturated heterocycles. The van der Waals surface area contributed by atoms with E-state index >= 15 is 0 Å². The number of halogens is 3. The molecule has 1 atom stereocenters. The minimum Gasteiger partial charge on any atom is -0.399 e. The van der Waals surface area contributed by atoms with Crippen LogP contribution in [0.4, 0.5) is 24.5 Å². The van der Waals surface area contributed by atoms with Crippen LogP contribution in [-0.2, 0) is 24.3 Å². The number of thioether (sulfide) groups is 1. The van der Waals surface area contributed by atoms with Gasteiger partial charge in [0.2, 0.25) is 0 Å². The van der Waals surface area contributed by atoms with Gasteiger partial charge in [0.1, 0.15) is 4.87 Å². The van der Waals surface area contributed by atoms with Gasteiger partial charge in [-0.15, -0.1) is 11.8 Å². The Morgan fingerprint density at radius 3 is 2.56 bits per heavy atom. The highest BCUT2D eigenvalue weighted by atomic mass is 32.2. The topological polar surface area (TPSA) is 62.5 Å². The lowest BCUT2D eigenvalue weighted by Crippen LogP contribution is -2.54. The van der Waals surface area contributed by atoms with Crippen molar-refractivity contribution >= 4 is 29.0 Å². The zero-order valence-electron chi connectivity index (χ0n) is 20.3. The molecule has 2 aromatic carbocycles. The van der Waals surface area contributed by atoms with E-state index in [4.69, 9.17) is 5.73 Å². The number of fused-ring (bicyclic) bond motifs is 1. The summed E-state index contributed by atoms with van der Waals surface area (Å²) in [6.45, 7) is 2.00. The number of hydrogen-bond acceptors (Lipinski definition) is 5. The SMILES string of the molecule is CSC1(CCc2ccccc2)CN(C(=O)C(F)(F)F)Cc2c(C)cccc2N1Cc1cc(N)ccn1. The largest absolute Gasteiger partial charge is 0.471 e. The van der Waals surface area contributed by atoms with Crippen molar-refractivity contribution in [3.8, 4) is 0 Å². The van der Waals surface area contributed by atoms with Crippen LogP contribution in [0.1, 0.15) is 28.8 Å². The highest BCUT2D eigenvalue weighted by Crippen LogP contribution is 2.44. The minimum absolute atomic E-state index is 0.0875. The Kier molecular flexibility index (Phi) is 7.49. The van der Waals surface area contributed by atoms with Crippen molar-refractivity contribution in [3.63, 3.8) is 0 Å². The lowest BCUT2D eigenvalue weighted by atomic mass is 10.0. The fourth-order valence-corrected chi connectivity index (χ4v) is 5.74. The third-order valence-corrected chi connectivity index (χ3v) is 7.99. The maximum absolute atomic E-state index is 13.7. The Morgan fingerprint density at radius 1 is 1.14 bits per heavy atom. The van der Waals surface area contributed by atoms with E-state index in [9.17, 15) is 18.0 Å². The molecule has 36 heavy (non-hydrogen) atoms. The second kappa shape index (κ2) is 10.4. The van der Waals surface area contributed by atoms with Gasteiger partial charge in [0.25, 0.3) is 0 Å². The van der Waals surface area contributed by atoms with Crippen LogP contribution in [0.25, 0.3) is 0 Å². The minimum atomic E-state index is -4.96. The predicted molar refractivity (Wildman–Crippen MR) is 138 cm³/mol. The lowest BCUT2D eigenvalue weighted by molar-refractivity contribution is -0.186. The van der Waals surface area contributed by atoms with Gasteiger partial charge in [-0.05, 0) is 60.9 Å². The maximum atomic E-state index is 13.7. The average molecular weight is 515 g/mol. The standard InChI is InChI=1S/C27H29F3N4OS/c1-19-7-6-10-24-23(19)17-33(25(35)27(28,29)30)18-26(36-2,13-11-20-8-4-3-5-9-20)34(24)16-22-15-21(31)12-14-32-22/h3-10,12,14-15H,11,13,16-18H2,1-2H3,(H2,31,32). The normalized spacial score (nSPS) is 18.0. The van der Waals surface area contributed by atoms with Crippen LogP contribution in [0.5, 0.6) is 0 Å². The van der Waals surface area contributed by atoms with Gasteiger partial charge in [-0.3, -0.25) is 9.78 Å². The second-order valence-corrected chi connectivity index (χ2v) is 10.2. The van der Waals surface area contributed by atoms with Crippen LogP contribution >= 0.6 is 11.8 Å². The molecule has 0 spiro atoms. The van der Waals surface area contributed by atoms with E-state index in [0.29, 0.717) is 36.3 Å². The fraction of sp³-hybridized carbons (Fsp3) is 0.333. The first-order valence-electron chi connectivity index (χ1n) is 11.6. The molecule has 2 N–H and O–H groups in total. The number of nitrogens with zero attached hydrogens (tertiary/aromatic N) is 3. The third-order valence-electron chi connectivity index (χ3n) is 6.67.